The quantitative estimate of drug-likeness (QED) is 0.838. The fourth-order valence-electron chi connectivity index (χ4n) is 2.13. The molecule has 0 spiro atoms. The second-order valence-corrected chi connectivity index (χ2v) is 6.71. The monoisotopic (exact) mass is 307 g/mol. The number of hydrogen-bond donors (Lipinski definition) is 1. The van der Waals surface area contributed by atoms with Gasteiger partial charge in [0.2, 0.25) is 16.0 Å². The second kappa shape index (κ2) is 4.37. The van der Waals surface area contributed by atoms with E-state index in [-0.39, 0.29) is 5.96 Å². The molecule has 0 radical (unpaired) electrons. The average molecular weight is 307 g/mol. The molecule has 0 fully saturated rings. The summed E-state index contributed by atoms with van der Waals surface area (Å²) in [5, 5.41) is 0. The average Bonchev–Trinajstić information content (AvgIpc) is 2.23. The van der Waals surface area contributed by atoms with Crippen molar-refractivity contribution in [1.82, 2.24) is 4.31 Å². The van der Waals surface area contributed by atoms with E-state index in [0.717, 1.165) is 4.31 Å². The molecule has 1 heterocycles. The van der Waals surface area contributed by atoms with Gasteiger partial charge < -0.3 is 5.73 Å². The van der Waals surface area contributed by atoms with Gasteiger partial charge in [-0.05, 0) is 6.92 Å². The molecule has 0 aromatic heterocycles. The van der Waals surface area contributed by atoms with Crippen LogP contribution in [0.5, 0.6) is 0 Å². The normalized spacial score (nSPS) is 25.4. The molecular weight excluding hydrogens is 295 g/mol. The van der Waals surface area contributed by atoms with Crippen LogP contribution in [-0.2, 0) is 15.6 Å². The zero-order chi connectivity index (χ0) is 15.3. The number of aliphatic imine (C=N–C) groups is 1. The van der Waals surface area contributed by atoms with E-state index in [9.17, 15) is 21.6 Å². The minimum Gasteiger partial charge on any atom is -0.369 e. The summed E-state index contributed by atoms with van der Waals surface area (Å²) in [6.07, 6.45) is 0. The van der Waals surface area contributed by atoms with Gasteiger partial charge in [0.15, 0.2) is 0 Å². The lowest BCUT2D eigenvalue weighted by atomic mass is 9.93. The van der Waals surface area contributed by atoms with Crippen LogP contribution in [-0.4, -0.2) is 31.5 Å². The van der Waals surface area contributed by atoms with Crippen LogP contribution in [0.1, 0.15) is 12.5 Å². The zero-order valence-corrected chi connectivity index (χ0v) is 11.5. The Hall–Kier alpha value is -1.77. The van der Waals surface area contributed by atoms with E-state index in [2.05, 4.69) is 4.99 Å². The maximum Gasteiger partial charge on any atom is 0.239 e. The van der Waals surface area contributed by atoms with Crippen molar-refractivity contribution in [1.29, 1.82) is 0 Å². The van der Waals surface area contributed by atoms with Crippen molar-refractivity contribution in [2.75, 3.05) is 12.8 Å². The SMILES string of the molecule is CN1C(N)=N[C@](C)(c2c(F)cc(F)cc2F)CS1(=O)=O. The first kappa shape index (κ1) is 14.6. The summed E-state index contributed by atoms with van der Waals surface area (Å²) in [6.45, 7) is 1.23. The Morgan fingerprint density at radius 2 is 1.80 bits per heavy atom. The first-order valence-electron chi connectivity index (χ1n) is 5.54. The predicted molar refractivity (Wildman–Crippen MR) is 66.8 cm³/mol. The summed E-state index contributed by atoms with van der Waals surface area (Å²) < 4.78 is 65.1. The van der Waals surface area contributed by atoms with Crippen molar-refractivity contribution in [3.8, 4) is 0 Å². The molecule has 0 saturated carbocycles. The smallest absolute Gasteiger partial charge is 0.239 e. The summed E-state index contributed by atoms with van der Waals surface area (Å²) in [5.74, 6) is -4.57. The maximum absolute atomic E-state index is 13.8. The molecule has 0 amide bonds. The second-order valence-electron chi connectivity index (χ2n) is 4.71. The van der Waals surface area contributed by atoms with E-state index in [0.29, 0.717) is 12.1 Å². The van der Waals surface area contributed by atoms with Crippen LogP contribution in [0.25, 0.3) is 0 Å². The highest BCUT2D eigenvalue weighted by atomic mass is 32.2. The van der Waals surface area contributed by atoms with Crippen molar-refractivity contribution in [3.05, 3.63) is 35.1 Å². The molecule has 2 N–H and O–H groups in total. The molecule has 0 unspecified atom stereocenters. The van der Waals surface area contributed by atoms with E-state index in [1.807, 2.05) is 0 Å². The zero-order valence-electron chi connectivity index (χ0n) is 10.7. The van der Waals surface area contributed by atoms with Crippen LogP contribution in [0.15, 0.2) is 17.1 Å². The molecule has 0 aliphatic carbocycles. The summed E-state index contributed by atoms with van der Waals surface area (Å²) >= 11 is 0. The van der Waals surface area contributed by atoms with E-state index >= 15 is 0 Å². The molecule has 1 aromatic rings. The molecule has 20 heavy (non-hydrogen) atoms. The number of nitrogens with two attached hydrogens (primary N) is 1. The van der Waals surface area contributed by atoms with Crippen molar-refractivity contribution in [3.63, 3.8) is 0 Å². The van der Waals surface area contributed by atoms with Crippen molar-refractivity contribution in [2.45, 2.75) is 12.5 Å². The molecule has 1 aliphatic heterocycles. The molecule has 1 atom stereocenters. The lowest BCUT2D eigenvalue weighted by molar-refractivity contribution is 0.428. The highest BCUT2D eigenvalue weighted by Gasteiger charge is 2.43. The van der Waals surface area contributed by atoms with Crippen LogP contribution in [0.3, 0.4) is 0 Å². The number of sulfonamides is 1. The van der Waals surface area contributed by atoms with Gasteiger partial charge in [-0.15, -0.1) is 0 Å². The number of hydrogen-bond acceptors (Lipinski definition) is 4. The summed E-state index contributed by atoms with van der Waals surface area (Å²) in [7, 11) is -2.67. The highest BCUT2D eigenvalue weighted by Crippen LogP contribution is 2.35. The minimum absolute atomic E-state index is 0.387. The van der Waals surface area contributed by atoms with E-state index in [1.54, 1.807) is 0 Å². The highest BCUT2D eigenvalue weighted by molar-refractivity contribution is 7.89. The van der Waals surface area contributed by atoms with Gasteiger partial charge in [0, 0.05) is 19.2 Å². The van der Waals surface area contributed by atoms with E-state index in [1.165, 1.54) is 14.0 Å². The third-order valence-corrected chi connectivity index (χ3v) is 5.06. The van der Waals surface area contributed by atoms with Gasteiger partial charge in [-0.2, -0.15) is 0 Å². The number of guanidine groups is 1. The van der Waals surface area contributed by atoms with Gasteiger partial charge in [0.25, 0.3) is 0 Å². The van der Waals surface area contributed by atoms with Gasteiger partial charge in [0.1, 0.15) is 23.0 Å². The molecule has 1 aromatic carbocycles. The first-order chi connectivity index (χ1) is 9.07. The maximum atomic E-state index is 13.8. The number of benzene rings is 1. The van der Waals surface area contributed by atoms with Crippen LogP contribution in [0, 0.1) is 17.5 Å². The van der Waals surface area contributed by atoms with Gasteiger partial charge in [0.05, 0.1) is 11.3 Å². The summed E-state index contributed by atoms with van der Waals surface area (Å²) in [6, 6.07) is 0.945. The van der Waals surface area contributed by atoms with Crippen LogP contribution in [0.4, 0.5) is 13.2 Å². The molecular formula is C11H12F3N3O2S. The number of halogens is 3. The van der Waals surface area contributed by atoms with Crippen LogP contribution < -0.4 is 5.73 Å². The molecule has 0 saturated heterocycles. The lowest BCUT2D eigenvalue weighted by Gasteiger charge is -2.34. The van der Waals surface area contributed by atoms with Gasteiger partial charge >= 0.3 is 0 Å². The molecule has 2 rings (SSSR count). The fraction of sp³-hybridized carbons (Fsp3) is 0.364. The Kier molecular flexibility index (Phi) is 3.20. The van der Waals surface area contributed by atoms with Crippen LogP contribution in [0.2, 0.25) is 0 Å². The Labute approximate surface area is 114 Å². The van der Waals surface area contributed by atoms with Gasteiger partial charge in [-0.25, -0.2) is 30.9 Å². The third-order valence-electron chi connectivity index (χ3n) is 3.11. The predicted octanol–water partition coefficient (Wildman–Crippen LogP) is 0.909. The largest absolute Gasteiger partial charge is 0.369 e. The van der Waals surface area contributed by atoms with E-state index < -0.39 is 44.3 Å². The molecule has 110 valence electrons. The van der Waals surface area contributed by atoms with E-state index in [4.69, 9.17) is 5.73 Å². The first-order valence-corrected chi connectivity index (χ1v) is 7.15. The van der Waals surface area contributed by atoms with Crippen molar-refractivity contribution in [2.24, 2.45) is 10.7 Å². The van der Waals surface area contributed by atoms with Crippen LogP contribution >= 0.6 is 0 Å². The number of nitrogens with zero attached hydrogens (tertiary/aromatic N) is 2. The Bertz CT molecular complexity index is 682. The molecule has 5 nitrogen and oxygen atoms in total. The molecule has 9 heteroatoms. The Morgan fingerprint density at radius 1 is 1.30 bits per heavy atom. The standard InChI is InChI=1S/C11H12F3N3O2S/c1-11(5-20(18,19)17(2)10(15)16-11)9-7(13)3-6(12)4-8(9)14/h3-4H,5H2,1-2H3,(H2,15,16)/t11-/m0/s1. The van der Waals surface area contributed by atoms with Gasteiger partial charge in [-0.1, -0.05) is 0 Å². The summed E-state index contributed by atoms with van der Waals surface area (Å²) in [5.41, 5.74) is 3.10. The topological polar surface area (TPSA) is 75.8 Å². The third kappa shape index (κ3) is 2.21. The van der Waals surface area contributed by atoms with Crippen molar-refractivity contribution >= 4 is 16.0 Å². The molecule has 1 aliphatic rings. The molecule has 0 bridgehead atoms. The Morgan fingerprint density at radius 3 is 2.25 bits per heavy atom. The van der Waals surface area contributed by atoms with Crippen molar-refractivity contribution < 1.29 is 21.6 Å². The summed E-state index contributed by atoms with van der Waals surface area (Å²) in [4.78, 5) is 3.85. The van der Waals surface area contributed by atoms with Gasteiger partial charge in [-0.3, -0.25) is 0 Å². The minimum atomic E-state index is -3.86. The fourth-order valence-corrected chi connectivity index (χ4v) is 3.57. The number of rotatable bonds is 1. The Balaban J connectivity index is 2.69. The lowest BCUT2D eigenvalue weighted by Crippen LogP contribution is -2.50.